The van der Waals surface area contributed by atoms with Crippen molar-refractivity contribution in [2.75, 3.05) is 18.0 Å². The molecule has 5 nitrogen and oxygen atoms in total. The van der Waals surface area contributed by atoms with Crippen LogP contribution in [0.15, 0.2) is 34.3 Å². The molecule has 1 saturated heterocycles. The molecule has 6 heteroatoms. The molecule has 0 aliphatic carbocycles. The molecule has 22 heavy (non-hydrogen) atoms. The first-order chi connectivity index (χ1) is 10.8. The van der Waals surface area contributed by atoms with Crippen molar-refractivity contribution < 1.29 is 4.52 Å². The molecule has 112 valence electrons. The predicted molar refractivity (Wildman–Crippen MR) is 87.0 cm³/mol. The van der Waals surface area contributed by atoms with Gasteiger partial charge in [0, 0.05) is 36.3 Å². The summed E-state index contributed by atoms with van der Waals surface area (Å²) in [6.07, 6.45) is 4.42. The van der Waals surface area contributed by atoms with Gasteiger partial charge in [-0.15, -0.1) is 11.3 Å². The molecule has 3 aromatic heterocycles. The topological polar surface area (TPSA) is 55.1 Å². The van der Waals surface area contributed by atoms with Crippen LogP contribution in [0.1, 0.15) is 18.5 Å². The lowest BCUT2D eigenvalue weighted by molar-refractivity contribution is 0.426. The zero-order valence-corrected chi connectivity index (χ0v) is 13.1. The fourth-order valence-electron chi connectivity index (χ4n) is 2.65. The summed E-state index contributed by atoms with van der Waals surface area (Å²) in [5.41, 5.74) is 2.72. The number of hydrogen-bond acceptors (Lipinski definition) is 6. The maximum absolute atomic E-state index is 5.26. The molecule has 4 heterocycles. The number of anilines is 1. The molecule has 0 N–H and O–H groups in total. The van der Waals surface area contributed by atoms with Crippen molar-refractivity contribution in [3.05, 3.63) is 35.5 Å². The Morgan fingerprint density at radius 3 is 2.77 bits per heavy atom. The molecule has 1 aliphatic heterocycles. The second-order valence-electron chi connectivity index (χ2n) is 5.47. The summed E-state index contributed by atoms with van der Waals surface area (Å²) < 4.78 is 5.26. The first kappa shape index (κ1) is 13.5. The van der Waals surface area contributed by atoms with Crippen molar-refractivity contribution in [3.63, 3.8) is 0 Å². The number of aryl methyl sites for hydroxylation is 1. The quantitative estimate of drug-likeness (QED) is 0.737. The van der Waals surface area contributed by atoms with Crippen LogP contribution < -0.4 is 4.90 Å². The van der Waals surface area contributed by atoms with Crippen molar-refractivity contribution in [2.45, 2.75) is 19.8 Å². The van der Waals surface area contributed by atoms with Gasteiger partial charge in [-0.3, -0.25) is 0 Å². The molecule has 0 unspecified atom stereocenters. The molecule has 1 aliphatic rings. The molecule has 4 rings (SSSR count). The zero-order valence-electron chi connectivity index (χ0n) is 12.3. The van der Waals surface area contributed by atoms with Gasteiger partial charge in [-0.05, 0) is 31.9 Å². The largest absolute Gasteiger partial charge is 0.357 e. The average molecular weight is 312 g/mol. The van der Waals surface area contributed by atoms with Gasteiger partial charge in [0.1, 0.15) is 16.5 Å². The molecular formula is C16H16N4OS. The van der Waals surface area contributed by atoms with E-state index in [-0.39, 0.29) is 0 Å². The normalized spacial score (nSPS) is 14.7. The maximum atomic E-state index is 5.26. The molecule has 0 spiro atoms. The fourth-order valence-corrected chi connectivity index (χ4v) is 3.45. The van der Waals surface area contributed by atoms with E-state index in [4.69, 9.17) is 4.52 Å². The maximum Gasteiger partial charge on any atom is 0.186 e. The number of hydrogen-bond donors (Lipinski definition) is 0. The molecule has 0 atom stereocenters. The van der Waals surface area contributed by atoms with Crippen molar-refractivity contribution in [2.24, 2.45) is 0 Å². The van der Waals surface area contributed by atoms with Crippen LogP contribution in [-0.2, 0) is 0 Å². The Labute approximate surface area is 132 Å². The van der Waals surface area contributed by atoms with E-state index >= 15 is 0 Å². The Morgan fingerprint density at radius 1 is 1.23 bits per heavy atom. The van der Waals surface area contributed by atoms with Crippen LogP contribution in [0, 0.1) is 6.92 Å². The van der Waals surface area contributed by atoms with Gasteiger partial charge in [0.05, 0.1) is 5.69 Å². The molecule has 0 aromatic carbocycles. The second kappa shape index (κ2) is 5.53. The number of thiazole rings is 1. The molecular weight excluding hydrogens is 296 g/mol. The van der Waals surface area contributed by atoms with E-state index in [1.54, 1.807) is 11.3 Å². The van der Waals surface area contributed by atoms with Crippen molar-refractivity contribution in [3.8, 4) is 22.0 Å². The Kier molecular flexibility index (Phi) is 3.38. The first-order valence-corrected chi connectivity index (χ1v) is 8.28. The summed E-state index contributed by atoms with van der Waals surface area (Å²) in [7, 11) is 0. The Hall–Kier alpha value is -2.21. The van der Waals surface area contributed by atoms with E-state index in [1.165, 1.54) is 12.8 Å². The smallest absolute Gasteiger partial charge is 0.186 e. The van der Waals surface area contributed by atoms with Gasteiger partial charge in [0.15, 0.2) is 5.76 Å². The fraction of sp³-hybridized carbons (Fsp3) is 0.312. The number of rotatable bonds is 3. The molecule has 3 aromatic rings. The van der Waals surface area contributed by atoms with Crippen molar-refractivity contribution in [1.29, 1.82) is 0 Å². The highest BCUT2D eigenvalue weighted by Crippen LogP contribution is 2.29. The molecule has 0 saturated carbocycles. The van der Waals surface area contributed by atoms with Gasteiger partial charge in [0.2, 0.25) is 0 Å². The van der Waals surface area contributed by atoms with Crippen LogP contribution in [0.25, 0.3) is 22.0 Å². The third kappa shape index (κ3) is 2.50. The monoisotopic (exact) mass is 312 g/mol. The third-order valence-corrected chi connectivity index (χ3v) is 4.70. The van der Waals surface area contributed by atoms with E-state index in [9.17, 15) is 0 Å². The third-order valence-electron chi connectivity index (χ3n) is 3.81. The van der Waals surface area contributed by atoms with Gasteiger partial charge in [-0.1, -0.05) is 5.16 Å². The Bertz CT molecular complexity index is 772. The predicted octanol–water partition coefficient (Wildman–Crippen LogP) is 3.77. The van der Waals surface area contributed by atoms with Crippen LogP contribution in [-0.4, -0.2) is 28.2 Å². The van der Waals surface area contributed by atoms with E-state index in [2.05, 4.69) is 32.2 Å². The van der Waals surface area contributed by atoms with Crippen molar-refractivity contribution in [1.82, 2.24) is 15.1 Å². The van der Waals surface area contributed by atoms with E-state index in [0.717, 1.165) is 40.9 Å². The van der Waals surface area contributed by atoms with Gasteiger partial charge < -0.3 is 9.42 Å². The SMILES string of the molecule is Cc1cc(-c2csc(-c3ccc(N4CCCC4)nc3)n2)on1. The van der Waals surface area contributed by atoms with Gasteiger partial charge in [-0.25, -0.2) is 9.97 Å². The minimum absolute atomic E-state index is 0.710. The minimum atomic E-state index is 0.710. The summed E-state index contributed by atoms with van der Waals surface area (Å²) >= 11 is 1.59. The standard InChI is InChI=1S/C16H16N4OS/c1-11-8-14(21-19-11)13-10-22-16(18-13)12-4-5-15(17-9-12)20-6-2-3-7-20/h4-5,8-10H,2-3,6-7H2,1H3. The average Bonchev–Trinajstić information content (AvgIpc) is 3.28. The minimum Gasteiger partial charge on any atom is -0.357 e. The van der Waals surface area contributed by atoms with Crippen LogP contribution in [0.4, 0.5) is 5.82 Å². The summed E-state index contributed by atoms with van der Waals surface area (Å²) in [5, 5.41) is 6.84. The van der Waals surface area contributed by atoms with E-state index in [0.29, 0.717) is 5.76 Å². The number of aromatic nitrogens is 3. The summed E-state index contributed by atoms with van der Waals surface area (Å²) in [6.45, 7) is 4.12. The molecule has 0 amide bonds. The van der Waals surface area contributed by atoms with Crippen LogP contribution in [0.2, 0.25) is 0 Å². The Morgan fingerprint density at radius 2 is 2.09 bits per heavy atom. The van der Waals surface area contributed by atoms with Gasteiger partial charge in [-0.2, -0.15) is 0 Å². The van der Waals surface area contributed by atoms with Crippen LogP contribution >= 0.6 is 11.3 Å². The van der Waals surface area contributed by atoms with Crippen LogP contribution in [0.5, 0.6) is 0 Å². The Balaban J connectivity index is 1.58. The zero-order chi connectivity index (χ0) is 14.9. The lowest BCUT2D eigenvalue weighted by atomic mass is 10.3. The summed E-state index contributed by atoms with van der Waals surface area (Å²) in [6, 6.07) is 6.07. The second-order valence-corrected chi connectivity index (χ2v) is 6.33. The van der Waals surface area contributed by atoms with Gasteiger partial charge in [0.25, 0.3) is 0 Å². The number of nitrogens with zero attached hydrogens (tertiary/aromatic N) is 4. The highest BCUT2D eigenvalue weighted by molar-refractivity contribution is 7.13. The molecule has 1 fully saturated rings. The number of pyridine rings is 1. The highest BCUT2D eigenvalue weighted by Gasteiger charge is 2.14. The highest BCUT2D eigenvalue weighted by atomic mass is 32.1. The summed E-state index contributed by atoms with van der Waals surface area (Å²) in [4.78, 5) is 11.5. The lowest BCUT2D eigenvalue weighted by Gasteiger charge is -2.15. The molecule has 0 radical (unpaired) electrons. The molecule has 0 bridgehead atoms. The van der Waals surface area contributed by atoms with Gasteiger partial charge >= 0.3 is 0 Å². The lowest BCUT2D eigenvalue weighted by Crippen LogP contribution is -2.18. The first-order valence-electron chi connectivity index (χ1n) is 7.40. The summed E-state index contributed by atoms with van der Waals surface area (Å²) in [5.74, 6) is 1.77. The van der Waals surface area contributed by atoms with E-state index in [1.807, 2.05) is 24.6 Å². The van der Waals surface area contributed by atoms with Crippen LogP contribution in [0.3, 0.4) is 0 Å². The van der Waals surface area contributed by atoms with Crippen molar-refractivity contribution >= 4 is 17.2 Å². The van der Waals surface area contributed by atoms with E-state index < -0.39 is 0 Å².